The first kappa shape index (κ1) is 14.9. The van der Waals surface area contributed by atoms with E-state index in [9.17, 15) is 4.79 Å². The molecule has 0 bridgehead atoms. The van der Waals surface area contributed by atoms with Gasteiger partial charge in [-0.15, -0.1) is 0 Å². The summed E-state index contributed by atoms with van der Waals surface area (Å²) < 4.78 is 1.47. The van der Waals surface area contributed by atoms with Crippen molar-refractivity contribution in [3.63, 3.8) is 0 Å². The molecule has 1 N–H and O–H groups in total. The monoisotopic (exact) mass is 310 g/mol. The van der Waals surface area contributed by atoms with Gasteiger partial charge in [-0.3, -0.25) is 4.79 Å². The fourth-order valence-electron chi connectivity index (χ4n) is 3.62. The van der Waals surface area contributed by atoms with Crippen molar-refractivity contribution in [3.05, 3.63) is 21.6 Å². The Morgan fingerprint density at radius 1 is 1.48 bits per heavy atom. The van der Waals surface area contributed by atoms with Crippen molar-refractivity contribution in [1.82, 2.24) is 15.1 Å². The average molecular weight is 311 g/mol. The molecule has 3 unspecified atom stereocenters. The van der Waals surface area contributed by atoms with Gasteiger partial charge in [0.2, 0.25) is 0 Å². The van der Waals surface area contributed by atoms with Gasteiger partial charge in [0.15, 0.2) is 0 Å². The van der Waals surface area contributed by atoms with Crippen LogP contribution in [-0.2, 0) is 6.54 Å². The van der Waals surface area contributed by atoms with Crippen LogP contribution in [0, 0.1) is 17.8 Å². The molecule has 0 aliphatic carbocycles. The topological polar surface area (TPSA) is 50.2 Å². The van der Waals surface area contributed by atoms with Gasteiger partial charge in [-0.1, -0.05) is 25.4 Å². The second kappa shape index (κ2) is 5.61. The van der Waals surface area contributed by atoms with Crippen LogP contribution in [0.15, 0.2) is 11.0 Å². The van der Waals surface area contributed by atoms with E-state index in [1.54, 1.807) is 6.20 Å². The molecule has 2 fully saturated rings. The van der Waals surface area contributed by atoms with Crippen LogP contribution < -0.4 is 15.8 Å². The van der Waals surface area contributed by atoms with Crippen molar-refractivity contribution in [2.75, 3.05) is 24.5 Å². The number of hydrogen-bond donors (Lipinski definition) is 1. The molecule has 0 aromatic carbocycles. The molecule has 0 radical (unpaired) electrons. The van der Waals surface area contributed by atoms with E-state index in [2.05, 4.69) is 36.1 Å². The van der Waals surface area contributed by atoms with E-state index in [1.807, 2.05) is 0 Å². The second-order valence-electron chi connectivity index (χ2n) is 6.70. The molecule has 2 aliphatic heterocycles. The normalized spacial score (nSPS) is 28.4. The largest absolute Gasteiger partial charge is 0.365 e. The van der Waals surface area contributed by atoms with Gasteiger partial charge in [0, 0.05) is 32.2 Å². The Morgan fingerprint density at radius 2 is 2.24 bits per heavy atom. The van der Waals surface area contributed by atoms with Crippen molar-refractivity contribution in [2.45, 2.75) is 33.4 Å². The van der Waals surface area contributed by atoms with Crippen molar-refractivity contribution < 1.29 is 0 Å². The zero-order valence-electron chi connectivity index (χ0n) is 12.8. The van der Waals surface area contributed by atoms with Gasteiger partial charge < -0.3 is 10.2 Å². The first-order valence-corrected chi connectivity index (χ1v) is 8.09. The highest BCUT2D eigenvalue weighted by Gasteiger charge is 2.42. The molecular formula is C15H23ClN4O. The van der Waals surface area contributed by atoms with Crippen molar-refractivity contribution >= 4 is 17.3 Å². The number of aromatic nitrogens is 2. The molecule has 3 heterocycles. The summed E-state index contributed by atoms with van der Waals surface area (Å²) in [5, 5.41) is 8.07. The van der Waals surface area contributed by atoms with E-state index in [-0.39, 0.29) is 5.56 Å². The van der Waals surface area contributed by atoms with E-state index < -0.39 is 0 Å². The molecule has 0 spiro atoms. The fourth-order valence-corrected chi connectivity index (χ4v) is 3.87. The van der Waals surface area contributed by atoms with E-state index in [0.29, 0.717) is 35.4 Å². The van der Waals surface area contributed by atoms with Crippen LogP contribution in [0.2, 0.25) is 5.02 Å². The highest BCUT2D eigenvalue weighted by Crippen LogP contribution is 2.37. The quantitative estimate of drug-likeness (QED) is 0.921. The third-order valence-corrected chi connectivity index (χ3v) is 5.10. The Morgan fingerprint density at radius 3 is 2.90 bits per heavy atom. The molecule has 1 aromatic rings. The van der Waals surface area contributed by atoms with Gasteiger partial charge in [-0.25, -0.2) is 4.68 Å². The van der Waals surface area contributed by atoms with Crippen LogP contribution in [0.4, 0.5) is 5.69 Å². The van der Waals surface area contributed by atoms with Crippen molar-refractivity contribution in [2.24, 2.45) is 17.8 Å². The number of halogens is 1. The van der Waals surface area contributed by atoms with Crippen LogP contribution in [0.1, 0.15) is 20.8 Å². The van der Waals surface area contributed by atoms with Gasteiger partial charge in [-0.2, -0.15) is 5.10 Å². The highest BCUT2D eigenvalue weighted by molar-refractivity contribution is 6.33. The lowest BCUT2D eigenvalue weighted by Crippen LogP contribution is -2.35. The zero-order valence-corrected chi connectivity index (χ0v) is 13.6. The van der Waals surface area contributed by atoms with Crippen LogP contribution in [-0.4, -0.2) is 35.5 Å². The molecule has 5 nitrogen and oxygen atoms in total. The molecule has 0 amide bonds. The minimum Gasteiger partial charge on any atom is -0.365 e. The lowest BCUT2D eigenvalue weighted by Gasteiger charge is -2.27. The Hall–Kier alpha value is -1.07. The molecule has 2 aliphatic rings. The van der Waals surface area contributed by atoms with Crippen LogP contribution in [0.3, 0.4) is 0 Å². The maximum absolute atomic E-state index is 12.4. The first-order valence-electron chi connectivity index (χ1n) is 7.72. The second-order valence-corrected chi connectivity index (χ2v) is 7.08. The molecule has 2 saturated heterocycles. The predicted molar refractivity (Wildman–Crippen MR) is 85.0 cm³/mol. The third-order valence-electron chi connectivity index (χ3n) is 4.75. The summed E-state index contributed by atoms with van der Waals surface area (Å²) in [5.74, 6) is 1.65. The highest BCUT2D eigenvalue weighted by atomic mass is 35.5. The molecule has 116 valence electrons. The summed E-state index contributed by atoms with van der Waals surface area (Å²) in [5.41, 5.74) is 0.619. The summed E-state index contributed by atoms with van der Waals surface area (Å²) in [6.45, 7) is 10.0. The number of fused-ring (bicyclic) bond motifs is 1. The first-order chi connectivity index (χ1) is 9.99. The third kappa shape index (κ3) is 2.57. The lowest BCUT2D eigenvalue weighted by molar-refractivity contribution is 0.461. The Balaban J connectivity index is 1.90. The number of anilines is 1. The maximum atomic E-state index is 12.4. The van der Waals surface area contributed by atoms with Crippen LogP contribution >= 0.6 is 11.6 Å². The fraction of sp³-hybridized carbons (Fsp3) is 0.733. The molecule has 3 atom stereocenters. The number of nitrogens with zero attached hydrogens (tertiary/aromatic N) is 3. The Kier molecular flexibility index (Phi) is 3.97. The average Bonchev–Trinajstić information content (AvgIpc) is 2.99. The van der Waals surface area contributed by atoms with Gasteiger partial charge in [0.1, 0.15) is 5.02 Å². The number of nitrogens with one attached hydrogen (secondary N) is 1. The molecule has 21 heavy (non-hydrogen) atoms. The molecule has 1 aromatic heterocycles. The van der Waals surface area contributed by atoms with E-state index in [4.69, 9.17) is 11.6 Å². The smallest absolute Gasteiger partial charge is 0.287 e. The predicted octanol–water partition coefficient (Wildman–Crippen LogP) is 1.60. The summed E-state index contributed by atoms with van der Waals surface area (Å²) in [6, 6.07) is 0.393. The van der Waals surface area contributed by atoms with Crippen molar-refractivity contribution in [3.8, 4) is 0 Å². The maximum Gasteiger partial charge on any atom is 0.287 e. The van der Waals surface area contributed by atoms with Gasteiger partial charge >= 0.3 is 0 Å². The SMILES string of the molecule is CC(C)Cn1ncc(N2CC3CNCC3C2C)c(Cl)c1=O. The van der Waals surface area contributed by atoms with Gasteiger partial charge in [0.25, 0.3) is 5.56 Å². The summed E-state index contributed by atoms with van der Waals surface area (Å²) in [6.07, 6.45) is 1.76. The van der Waals surface area contributed by atoms with E-state index in [0.717, 1.165) is 25.3 Å². The molecule has 0 saturated carbocycles. The minimum atomic E-state index is -0.176. The molecule has 6 heteroatoms. The molecular weight excluding hydrogens is 288 g/mol. The Bertz CT molecular complexity index is 586. The number of rotatable bonds is 3. The summed E-state index contributed by atoms with van der Waals surface area (Å²) >= 11 is 6.35. The number of hydrogen-bond acceptors (Lipinski definition) is 4. The molecule has 3 rings (SSSR count). The summed E-state index contributed by atoms with van der Waals surface area (Å²) in [4.78, 5) is 14.6. The van der Waals surface area contributed by atoms with Crippen LogP contribution in [0.5, 0.6) is 0 Å². The lowest BCUT2D eigenvalue weighted by atomic mass is 9.95. The van der Waals surface area contributed by atoms with Crippen molar-refractivity contribution in [1.29, 1.82) is 0 Å². The Labute approximate surface area is 130 Å². The van der Waals surface area contributed by atoms with Gasteiger partial charge in [0.05, 0.1) is 11.9 Å². The minimum absolute atomic E-state index is 0.176. The summed E-state index contributed by atoms with van der Waals surface area (Å²) in [7, 11) is 0. The van der Waals surface area contributed by atoms with Gasteiger partial charge in [-0.05, 0) is 24.7 Å². The van der Waals surface area contributed by atoms with E-state index >= 15 is 0 Å². The van der Waals surface area contributed by atoms with Crippen LogP contribution in [0.25, 0.3) is 0 Å². The zero-order chi connectivity index (χ0) is 15.1. The standard InChI is InChI=1S/C15H23ClN4O/c1-9(2)7-20-15(21)14(16)13(6-18-20)19-8-11-4-17-5-12(11)10(19)3/h6,9-12,17H,4-5,7-8H2,1-3H3. The van der Waals surface area contributed by atoms with E-state index in [1.165, 1.54) is 4.68 Å².